The third kappa shape index (κ3) is 6.14. The molecule has 0 fully saturated rings. The standard InChI is InChI=1S/C24H26O3/c25-24(26)23(18-15-20-9-5-2-6-10-20)27-22-16-13-21(14-17-22)12-11-19-7-3-1-4-8-19/h1,3-4,7-9,11-14,16-17,23H,2,5-6,10,15,18H2,(H,25,26)/b12-11+. The molecule has 0 heterocycles. The fourth-order valence-electron chi connectivity index (χ4n) is 3.26. The fraction of sp³-hybridized carbons (Fsp3) is 0.292. The summed E-state index contributed by atoms with van der Waals surface area (Å²) in [5.41, 5.74) is 3.56. The molecule has 3 rings (SSSR count). The van der Waals surface area contributed by atoms with Gasteiger partial charge in [0.05, 0.1) is 0 Å². The minimum Gasteiger partial charge on any atom is -0.479 e. The lowest BCUT2D eigenvalue weighted by atomic mass is 9.95. The highest BCUT2D eigenvalue weighted by molar-refractivity contribution is 5.73. The van der Waals surface area contributed by atoms with Gasteiger partial charge in [0.15, 0.2) is 6.10 Å². The number of benzene rings is 2. The summed E-state index contributed by atoms with van der Waals surface area (Å²) < 4.78 is 5.73. The first kappa shape index (κ1) is 19.0. The average molecular weight is 362 g/mol. The Labute approximate surface area is 161 Å². The Hall–Kier alpha value is -2.81. The van der Waals surface area contributed by atoms with E-state index in [2.05, 4.69) is 6.08 Å². The van der Waals surface area contributed by atoms with Gasteiger partial charge in [-0.05, 0) is 61.8 Å². The quantitative estimate of drug-likeness (QED) is 0.465. The van der Waals surface area contributed by atoms with Crippen LogP contribution in [0.1, 0.15) is 49.7 Å². The number of hydrogen-bond donors (Lipinski definition) is 1. The summed E-state index contributed by atoms with van der Waals surface area (Å²) in [6.45, 7) is 0. The Morgan fingerprint density at radius 3 is 2.33 bits per heavy atom. The number of carboxylic acid groups (broad SMARTS) is 1. The van der Waals surface area contributed by atoms with Crippen molar-refractivity contribution >= 4 is 18.1 Å². The molecule has 0 radical (unpaired) electrons. The highest BCUT2D eigenvalue weighted by Crippen LogP contribution is 2.24. The number of allylic oxidation sites excluding steroid dienone is 2. The molecule has 3 heteroatoms. The molecule has 0 saturated carbocycles. The molecule has 1 unspecified atom stereocenters. The van der Waals surface area contributed by atoms with Crippen LogP contribution in [0, 0.1) is 0 Å². The zero-order valence-electron chi connectivity index (χ0n) is 15.5. The van der Waals surface area contributed by atoms with E-state index in [0.29, 0.717) is 12.2 Å². The summed E-state index contributed by atoms with van der Waals surface area (Å²) in [7, 11) is 0. The van der Waals surface area contributed by atoms with E-state index in [1.807, 2.05) is 66.7 Å². The summed E-state index contributed by atoms with van der Waals surface area (Å²) in [6.07, 6.45) is 11.5. The van der Waals surface area contributed by atoms with E-state index < -0.39 is 12.1 Å². The van der Waals surface area contributed by atoms with E-state index in [9.17, 15) is 9.90 Å². The van der Waals surface area contributed by atoms with E-state index in [1.165, 1.54) is 18.4 Å². The maximum atomic E-state index is 11.5. The van der Waals surface area contributed by atoms with Gasteiger partial charge in [-0.25, -0.2) is 4.79 Å². The summed E-state index contributed by atoms with van der Waals surface area (Å²) in [5, 5.41) is 9.47. The van der Waals surface area contributed by atoms with Crippen LogP contribution in [0.5, 0.6) is 5.75 Å². The third-order valence-corrected chi connectivity index (χ3v) is 4.81. The van der Waals surface area contributed by atoms with Gasteiger partial charge < -0.3 is 9.84 Å². The van der Waals surface area contributed by atoms with Crippen LogP contribution in [0.4, 0.5) is 0 Å². The van der Waals surface area contributed by atoms with Crippen molar-refractivity contribution in [2.24, 2.45) is 0 Å². The second-order valence-electron chi connectivity index (χ2n) is 6.90. The first-order valence-corrected chi connectivity index (χ1v) is 9.61. The molecule has 0 aromatic heterocycles. The molecule has 140 valence electrons. The van der Waals surface area contributed by atoms with Gasteiger partial charge in [0, 0.05) is 0 Å². The molecule has 0 aliphatic heterocycles. The summed E-state index contributed by atoms with van der Waals surface area (Å²) in [5.74, 6) is -0.309. The van der Waals surface area contributed by atoms with Gasteiger partial charge >= 0.3 is 5.97 Å². The molecule has 3 nitrogen and oxygen atoms in total. The molecule has 1 aliphatic carbocycles. The van der Waals surface area contributed by atoms with Crippen molar-refractivity contribution in [3.05, 3.63) is 77.4 Å². The monoisotopic (exact) mass is 362 g/mol. The second-order valence-corrected chi connectivity index (χ2v) is 6.90. The van der Waals surface area contributed by atoms with Crippen LogP contribution in [-0.4, -0.2) is 17.2 Å². The van der Waals surface area contributed by atoms with Crippen molar-refractivity contribution in [2.45, 2.75) is 44.6 Å². The maximum absolute atomic E-state index is 11.5. The molecule has 0 spiro atoms. The molecule has 2 aromatic carbocycles. The van der Waals surface area contributed by atoms with E-state index in [-0.39, 0.29) is 0 Å². The van der Waals surface area contributed by atoms with Crippen LogP contribution in [0.3, 0.4) is 0 Å². The Kier molecular flexibility index (Phi) is 6.86. The van der Waals surface area contributed by atoms with Crippen molar-refractivity contribution in [1.29, 1.82) is 0 Å². The number of carboxylic acids is 1. The van der Waals surface area contributed by atoms with E-state index >= 15 is 0 Å². The first-order valence-electron chi connectivity index (χ1n) is 9.61. The predicted octanol–water partition coefficient (Wildman–Crippen LogP) is 5.97. The number of hydrogen-bond acceptors (Lipinski definition) is 2. The highest BCUT2D eigenvalue weighted by atomic mass is 16.5. The minimum absolute atomic E-state index is 0.511. The lowest BCUT2D eigenvalue weighted by Gasteiger charge is -2.18. The maximum Gasteiger partial charge on any atom is 0.344 e. The topological polar surface area (TPSA) is 46.5 Å². The zero-order valence-corrected chi connectivity index (χ0v) is 15.5. The minimum atomic E-state index is -0.903. The van der Waals surface area contributed by atoms with E-state index in [1.54, 1.807) is 0 Å². The molecule has 27 heavy (non-hydrogen) atoms. The van der Waals surface area contributed by atoms with Crippen LogP contribution in [0.2, 0.25) is 0 Å². The SMILES string of the molecule is O=C(O)C(CCC1=CCCCC1)Oc1ccc(/C=C/c2ccccc2)cc1. The van der Waals surface area contributed by atoms with Crippen molar-refractivity contribution in [2.75, 3.05) is 0 Å². The van der Waals surface area contributed by atoms with Gasteiger partial charge in [0.2, 0.25) is 0 Å². The molecule has 1 atom stereocenters. The van der Waals surface area contributed by atoms with Crippen LogP contribution >= 0.6 is 0 Å². The summed E-state index contributed by atoms with van der Waals surface area (Å²) in [4.78, 5) is 11.5. The van der Waals surface area contributed by atoms with Gasteiger partial charge in [0.1, 0.15) is 5.75 Å². The third-order valence-electron chi connectivity index (χ3n) is 4.81. The van der Waals surface area contributed by atoms with Crippen molar-refractivity contribution in [3.63, 3.8) is 0 Å². The molecular formula is C24H26O3. The predicted molar refractivity (Wildman–Crippen MR) is 110 cm³/mol. The van der Waals surface area contributed by atoms with Gasteiger partial charge in [-0.1, -0.05) is 66.3 Å². The Morgan fingerprint density at radius 2 is 1.70 bits per heavy atom. The van der Waals surface area contributed by atoms with Crippen LogP contribution < -0.4 is 4.74 Å². The van der Waals surface area contributed by atoms with Crippen molar-refractivity contribution in [3.8, 4) is 5.75 Å². The smallest absolute Gasteiger partial charge is 0.344 e. The Morgan fingerprint density at radius 1 is 1.00 bits per heavy atom. The lowest BCUT2D eigenvalue weighted by molar-refractivity contribution is -0.145. The second kappa shape index (κ2) is 9.77. The average Bonchev–Trinajstić information content (AvgIpc) is 2.72. The Bertz CT molecular complexity index is 788. The van der Waals surface area contributed by atoms with Crippen LogP contribution in [-0.2, 0) is 4.79 Å². The largest absolute Gasteiger partial charge is 0.479 e. The van der Waals surface area contributed by atoms with Gasteiger partial charge in [-0.15, -0.1) is 0 Å². The number of carbonyl (C=O) groups is 1. The van der Waals surface area contributed by atoms with Crippen molar-refractivity contribution in [1.82, 2.24) is 0 Å². The van der Waals surface area contributed by atoms with Gasteiger partial charge in [-0.3, -0.25) is 0 Å². The van der Waals surface area contributed by atoms with Gasteiger partial charge in [0.25, 0.3) is 0 Å². The zero-order chi connectivity index (χ0) is 18.9. The number of ether oxygens (including phenoxy) is 1. The number of aliphatic carboxylic acids is 1. The lowest BCUT2D eigenvalue weighted by Crippen LogP contribution is -2.27. The van der Waals surface area contributed by atoms with E-state index in [0.717, 1.165) is 30.4 Å². The first-order chi connectivity index (χ1) is 13.2. The van der Waals surface area contributed by atoms with Gasteiger partial charge in [-0.2, -0.15) is 0 Å². The summed E-state index contributed by atoms with van der Waals surface area (Å²) >= 11 is 0. The van der Waals surface area contributed by atoms with Crippen molar-refractivity contribution < 1.29 is 14.6 Å². The molecule has 0 amide bonds. The highest BCUT2D eigenvalue weighted by Gasteiger charge is 2.20. The molecular weight excluding hydrogens is 336 g/mol. The molecule has 0 bridgehead atoms. The number of rotatable bonds is 8. The van der Waals surface area contributed by atoms with Crippen LogP contribution in [0.25, 0.3) is 12.2 Å². The normalized spacial score (nSPS) is 15.3. The fourth-order valence-corrected chi connectivity index (χ4v) is 3.26. The van der Waals surface area contributed by atoms with E-state index in [4.69, 9.17) is 4.74 Å². The van der Waals surface area contributed by atoms with Crippen LogP contribution in [0.15, 0.2) is 66.2 Å². The molecule has 0 saturated heterocycles. The Balaban J connectivity index is 1.57. The molecule has 1 N–H and O–H groups in total. The summed E-state index contributed by atoms with van der Waals surface area (Å²) in [6, 6.07) is 17.7. The molecule has 1 aliphatic rings. The molecule has 2 aromatic rings.